The molecule has 0 radical (unpaired) electrons. The number of nitrogens with zero attached hydrogens (tertiary/aromatic N) is 1. The van der Waals surface area contributed by atoms with Gasteiger partial charge in [-0.15, -0.1) is 0 Å². The van der Waals surface area contributed by atoms with Gasteiger partial charge in [-0.25, -0.2) is 4.98 Å². The number of hydrogen-bond acceptors (Lipinski definition) is 4. The Morgan fingerprint density at radius 1 is 0.852 bits per heavy atom. The maximum absolute atomic E-state index is 12.3. The second kappa shape index (κ2) is 8.33. The smallest absolute Gasteiger partial charge is 0.274 e. The van der Waals surface area contributed by atoms with Crippen molar-refractivity contribution in [1.29, 1.82) is 0 Å². The molecule has 3 aromatic rings. The van der Waals surface area contributed by atoms with Crippen LogP contribution in [-0.2, 0) is 4.79 Å². The number of anilines is 4. The van der Waals surface area contributed by atoms with Crippen LogP contribution in [0.5, 0.6) is 0 Å². The van der Waals surface area contributed by atoms with Gasteiger partial charge in [-0.1, -0.05) is 23.7 Å². The number of aromatic nitrogens is 1. The molecule has 3 N–H and O–H groups in total. The summed E-state index contributed by atoms with van der Waals surface area (Å²) in [6.45, 7) is 1.46. The van der Waals surface area contributed by atoms with Crippen molar-refractivity contribution in [2.45, 2.75) is 6.92 Å². The molecule has 0 aliphatic heterocycles. The van der Waals surface area contributed by atoms with Gasteiger partial charge < -0.3 is 16.0 Å². The molecule has 0 fully saturated rings. The Hall–Kier alpha value is -3.38. The van der Waals surface area contributed by atoms with E-state index in [2.05, 4.69) is 20.9 Å². The van der Waals surface area contributed by atoms with Gasteiger partial charge in [-0.2, -0.15) is 0 Å². The van der Waals surface area contributed by atoms with Crippen molar-refractivity contribution >= 4 is 46.2 Å². The summed E-state index contributed by atoms with van der Waals surface area (Å²) in [6.07, 6.45) is 1.57. The van der Waals surface area contributed by atoms with Crippen LogP contribution in [0.3, 0.4) is 0 Å². The largest absolute Gasteiger partial charge is 0.354 e. The van der Waals surface area contributed by atoms with E-state index in [0.29, 0.717) is 22.1 Å². The molecule has 136 valence electrons. The van der Waals surface area contributed by atoms with E-state index in [1.54, 1.807) is 54.7 Å². The second-order valence-electron chi connectivity index (χ2n) is 5.78. The van der Waals surface area contributed by atoms with Gasteiger partial charge in [0.1, 0.15) is 5.69 Å². The summed E-state index contributed by atoms with van der Waals surface area (Å²) in [7, 11) is 0. The first-order valence-electron chi connectivity index (χ1n) is 8.17. The average molecular weight is 381 g/mol. The molecule has 1 heterocycles. The molecule has 0 atom stereocenters. The number of benzene rings is 2. The summed E-state index contributed by atoms with van der Waals surface area (Å²) < 4.78 is 0. The van der Waals surface area contributed by atoms with Crippen molar-refractivity contribution in [2.24, 2.45) is 0 Å². The van der Waals surface area contributed by atoms with Gasteiger partial charge in [0.25, 0.3) is 5.91 Å². The average Bonchev–Trinajstić information content (AvgIpc) is 2.62. The zero-order chi connectivity index (χ0) is 19.2. The van der Waals surface area contributed by atoms with Gasteiger partial charge in [-0.3, -0.25) is 9.59 Å². The fourth-order valence-electron chi connectivity index (χ4n) is 2.41. The molecule has 0 aliphatic rings. The fraction of sp³-hybridized carbons (Fsp3) is 0.0500. The maximum Gasteiger partial charge on any atom is 0.274 e. The Morgan fingerprint density at radius 3 is 2.22 bits per heavy atom. The number of nitrogens with one attached hydrogen (secondary N) is 3. The van der Waals surface area contributed by atoms with Crippen molar-refractivity contribution in [3.63, 3.8) is 0 Å². The third-order valence-corrected chi connectivity index (χ3v) is 3.79. The number of rotatable bonds is 5. The number of carbonyl (C=O) groups excluding carboxylic acids is 2. The van der Waals surface area contributed by atoms with E-state index in [9.17, 15) is 9.59 Å². The summed E-state index contributed by atoms with van der Waals surface area (Å²) in [5.41, 5.74) is 3.09. The lowest BCUT2D eigenvalue weighted by molar-refractivity contribution is -0.114. The Bertz CT molecular complexity index is 974. The standard InChI is InChI=1S/C20H17ClN4O2/c1-13(26)23-16-6-3-7-17(11-16)24-18-8-9-19(22-12-18)20(27)25-15-5-2-4-14(21)10-15/h2-12,24H,1H3,(H,23,26)(H,25,27). The van der Waals surface area contributed by atoms with Gasteiger partial charge in [0.2, 0.25) is 5.91 Å². The molecule has 0 spiro atoms. The highest BCUT2D eigenvalue weighted by molar-refractivity contribution is 6.30. The van der Waals surface area contributed by atoms with Crippen molar-refractivity contribution in [3.05, 3.63) is 77.6 Å². The second-order valence-corrected chi connectivity index (χ2v) is 6.22. The Morgan fingerprint density at radius 2 is 1.56 bits per heavy atom. The lowest BCUT2D eigenvalue weighted by Crippen LogP contribution is -2.13. The van der Waals surface area contributed by atoms with Crippen LogP contribution in [0.25, 0.3) is 0 Å². The van der Waals surface area contributed by atoms with Crippen LogP contribution in [0.15, 0.2) is 66.9 Å². The summed E-state index contributed by atoms with van der Waals surface area (Å²) in [5.74, 6) is -0.458. The molecular weight excluding hydrogens is 364 g/mol. The van der Waals surface area contributed by atoms with Gasteiger partial charge in [0, 0.05) is 29.0 Å². The van der Waals surface area contributed by atoms with Crippen molar-refractivity contribution in [1.82, 2.24) is 4.98 Å². The lowest BCUT2D eigenvalue weighted by Gasteiger charge is -2.09. The number of carbonyl (C=O) groups is 2. The monoisotopic (exact) mass is 380 g/mol. The molecule has 2 amide bonds. The predicted octanol–water partition coefficient (Wildman–Crippen LogP) is 4.69. The minimum absolute atomic E-state index is 0.135. The van der Waals surface area contributed by atoms with Gasteiger partial charge >= 0.3 is 0 Å². The first-order valence-corrected chi connectivity index (χ1v) is 8.55. The molecule has 0 saturated heterocycles. The van der Waals surface area contributed by atoms with E-state index in [-0.39, 0.29) is 17.5 Å². The summed E-state index contributed by atoms with van der Waals surface area (Å²) in [5, 5.41) is 9.19. The quantitative estimate of drug-likeness (QED) is 0.599. The first kappa shape index (κ1) is 18.4. The van der Waals surface area contributed by atoms with Crippen molar-refractivity contribution in [2.75, 3.05) is 16.0 Å². The topological polar surface area (TPSA) is 83.1 Å². The van der Waals surface area contributed by atoms with Crippen LogP contribution in [0.4, 0.5) is 22.7 Å². The highest BCUT2D eigenvalue weighted by Gasteiger charge is 2.08. The van der Waals surface area contributed by atoms with Crippen LogP contribution in [0.2, 0.25) is 5.02 Å². The highest BCUT2D eigenvalue weighted by Crippen LogP contribution is 2.20. The number of amides is 2. The molecule has 1 aromatic heterocycles. The van der Waals surface area contributed by atoms with Crippen LogP contribution < -0.4 is 16.0 Å². The molecule has 0 saturated carbocycles. The van der Waals surface area contributed by atoms with Crippen molar-refractivity contribution in [3.8, 4) is 0 Å². The highest BCUT2D eigenvalue weighted by atomic mass is 35.5. The summed E-state index contributed by atoms with van der Waals surface area (Å²) in [6, 6.07) is 17.6. The molecule has 0 unspecified atom stereocenters. The molecule has 0 aliphatic carbocycles. The number of halogens is 1. The van der Waals surface area contributed by atoms with Crippen LogP contribution in [0, 0.1) is 0 Å². The van der Waals surface area contributed by atoms with Gasteiger partial charge in [0.15, 0.2) is 0 Å². The normalized spacial score (nSPS) is 10.1. The zero-order valence-corrected chi connectivity index (χ0v) is 15.2. The lowest BCUT2D eigenvalue weighted by atomic mass is 10.2. The first-order chi connectivity index (χ1) is 13.0. The molecule has 3 rings (SSSR count). The van der Waals surface area contributed by atoms with Gasteiger partial charge in [0.05, 0.1) is 11.9 Å². The number of hydrogen-bond donors (Lipinski definition) is 3. The van der Waals surface area contributed by atoms with E-state index < -0.39 is 0 Å². The Labute approximate surface area is 161 Å². The predicted molar refractivity (Wildman–Crippen MR) is 108 cm³/mol. The van der Waals surface area contributed by atoms with E-state index >= 15 is 0 Å². The van der Waals surface area contributed by atoms with Crippen LogP contribution in [-0.4, -0.2) is 16.8 Å². The maximum atomic E-state index is 12.3. The van der Waals surface area contributed by atoms with Crippen LogP contribution in [0.1, 0.15) is 17.4 Å². The van der Waals surface area contributed by atoms with E-state index in [1.165, 1.54) is 6.92 Å². The molecule has 0 bridgehead atoms. The summed E-state index contributed by atoms with van der Waals surface area (Å²) >= 11 is 5.91. The molecule has 7 heteroatoms. The zero-order valence-electron chi connectivity index (χ0n) is 14.5. The van der Waals surface area contributed by atoms with E-state index in [0.717, 1.165) is 5.69 Å². The Balaban J connectivity index is 1.66. The van der Waals surface area contributed by atoms with E-state index in [1.807, 2.05) is 12.1 Å². The minimum Gasteiger partial charge on any atom is -0.354 e. The third-order valence-electron chi connectivity index (χ3n) is 3.55. The SMILES string of the molecule is CC(=O)Nc1cccc(Nc2ccc(C(=O)Nc3cccc(Cl)c3)nc2)c1. The van der Waals surface area contributed by atoms with Crippen molar-refractivity contribution < 1.29 is 9.59 Å². The summed E-state index contributed by atoms with van der Waals surface area (Å²) in [4.78, 5) is 27.6. The van der Waals surface area contributed by atoms with Gasteiger partial charge in [-0.05, 0) is 48.5 Å². The fourth-order valence-corrected chi connectivity index (χ4v) is 2.60. The van der Waals surface area contributed by atoms with E-state index in [4.69, 9.17) is 11.6 Å². The molecular formula is C20H17ClN4O2. The Kier molecular flexibility index (Phi) is 5.68. The third kappa shape index (κ3) is 5.29. The molecule has 2 aromatic carbocycles. The molecule has 6 nitrogen and oxygen atoms in total. The number of pyridine rings is 1. The molecule has 27 heavy (non-hydrogen) atoms. The van der Waals surface area contributed by atoms with Crippen LogP contribution >= 0.6 is 11.6 Å². The minimum atomic E-state index is -0.323.